The van der Waals surface area contributed by atoms with Crippen molar-refractivity contribution >= 4 is 62.3 Å². The van der Waals surface area contributed by atoms with Crippen molar-refractivity contribution < 1.29 is 9.59 Å². The fourth-order valence-corrected chi connectivity index (χ4v) is 5.72. The number of nitrogens with two attached hydrogens (primary N) is 1. The number of amides is 2. The van der Waals surface area contributed by atoms with Crippen LogP contribution < -0.4 is 16.4 Å². The number of aromatic nitrogens is 2. The van der Waals surface area contributed by atoms with Crippen LogP contribution >= 0.6 is 23.1 Å². The van der Waals surface area contributed by atoms with E-state index in [2.05, 4.69) is 27.5 Å². The number of rotatable bonds is 5. The van der Waals surface area contributed by atoms with Crippen LogP contribution in [0.15, 0.2) is 29.4 Å². The lowest BCUT2D eigenvalue weighted by Crippen LogP contribution is -2.15. The number of thioether (sulfide) groups is 1. The SMILES string of the molecule is CC(=O)Nc1cccc(NC(=O)CSc2nc(N)c3c4c(sc3n2)CC(C)CC4)c1. The fraction of sp³-hybridized carbons (Fsp3) is 0.333. The molecule has 0 aliphatic heterocycles. The van der Waals surface area contributed by atoms with Gasteiger partial charge in [0.15, 0.2) is 5.16 Å². The lowest BCUT2D eigenvalue weighted by molar-refractivity contribution is -0.114. The normalized spacial score (nSPS) is 15.6. The Morgan fingerprint density at radius 1 is 1.27 bits per heavy atom. The second kappa shape index (κ2) is 8.61. The van der Waals surface area contributed by atoms with E-state index in [1.165, 1.54) is 29.1 Å². The lowest BCUT2D eigenvalue weighted by Gasteiger charge is -2.17. The van der Waals surface area contributed by atoms with Gasteiger partial charge in [0, 0.05) is 23.2 Å². The highest BCUT2D eigenvalue weighted by Gasteiger charge is 2.23. The third-order valence-corrected chi connectivity index (χ3v) is 6.96. The lowest BCUT2D eigenvalue weighted by atomic mass is 9.89. The maximum atomic E-state index is 12.4. The van der Waals surface area contributed by atoms with E-state index in [0.717, 1.165) is 29.5 Å². The topological polar surface area (TPSA) is 110 Å². The van der Waals surface area contributed by atoms with Gasteiger partial charge >= 0.3 is 0 Å². The van der Waals surface area contributed by atoms with Gasteiger partial charge in [0.1, 0.15) is 10.6 Å². The minimum atomic E-state index is -0.179. The molecule has 0 spiro atoms. The molecule has 9 heteroatoms. The largest absolute Gasteiger partial charge is 0.383 e. The van der Waals surface area contributed by atoms with Crippen molar-refractivity contribution in [3.8, 4) is 0 Å². The minimum Gasteiger partial charge on any atom is -0.383 e. The zero-order chi connectivity index (χ0) is 21.3. The molecule has 4 N–H and O–H groups in total. The number of fused-ring (bicyclic) bond motifs is 3. The average Bonchev–Trinajstić information content (AvgIpc) is 3.04. The summed E-state index contributed by atoms with van der Waals surface area (Å²) in [6, 6.07) is 7.01. The van der Waals surface area contributed by atoms with E-state index in [4.69, 9.17) is 5.73 Å². The predicted molar refractivity (Wildman–Crippen MR) is 123 cm³/mol. The number of nitrogens with zero attached hydrogens (tertiary/aromatic N) is 2. The predicted octanol–water partition coefficient (Wildman–Crippen LogP) is 4.09. The first-order valence-electron chi connectivity index (χ1n) is 9.77. The van der Waals surface area contributed by atoms with E-state index >= 15 is 0 Å². The molecule has 4 rings (SSSR count). The highest BCUT2D eigenvalue weighted by Crippen LogP contribution is 2.39. The molecule has 0 bridgehead atoms. The van der Waals surface area contributed by atoms with Crippen LogP contribution in [-0.2, 0) is 22.4 Å². The number of anilines is 3. The molecule has 3 aromatic rings. The van der Waals surface area contributed by atoms with Crippen LogP contribution in [0.4, 0.5) is 17.2 Å². The zero-order valence-corrected chi connectivity index (χ0v) is 18.5. The van der Waals surface area contributed by atoms with Crippen molar-refractivity contribution in [3.63, 3.8) is 0 Å². The van der Waals surface area contributed by atoms with Gasteiger partial charge in [0.25, 0.3) is 0 Å². The molecule has 2 heterocycles. The van der Waals surface area contributed by atoms with Gasteiger partial charge in [-0.25, -0.2) is 9.97 Å². The second-order valence-corrected chi connectivity index (χ2v) is 9.55. The molecular formula is C21H23N5O2S2. The summed E-state index contributed by atoms with van der Waals surface area (Å²) in [5, 5.41) is 7.02. The van der Waals surface area contributed by atoms with Crippen molar-refractivity contribution in [2.75, 3.05) is 22.1 Å². The molecule has 1 aromatic carbocycles. The number of hydrogen-bond acceptors (Lipinski definition) is 7. The standard InChI is InChI=1S/C21H23N5O2S2/c1-11-6-7-15-16(8-11)30-20-18(15)19(22)25-21(26-20)29-10-17(28)24-14-5-3-4-13(9-14)23-12(2)27/h3-5,9,11H,6-8,10H2,1-2H3,(H,23,27)(H,24,28)(H2,22,25,26). The molecule has 0 saturated heterocycles. The Labute approximate surface area is 182 Å². The number of thiophene rings is 1. The Morgan fingerprint density at radius 2 is 2.03 bits per heavy atom. The van der Waals surface area contributed by atoms with Crippen molar-refractivity contribution in [1.82, 2.24) is 9.97 Å². The van der Waals surface area contributed by atoms with Gasteiger partial charge in [0.2, 0.25) is 11.8 Å². The molecule has 2 aromatic heterocycles. The molecule has 30 heavy (non-hydrogen) atoms. The van der Waals surface area contributed by atoms with Gasteiger partial charge in [-0.2, -0.15) is 0 Å². The van der Waals surface area contributed by atoms with Crippen LogP contribution in [0.2, 0.25) is 0 Å². The number of hydrogen-bond donors (Lipinski definition) is 3. The number of carbonyl (C=O) groups is 2. The van der Waals surface area contributed by atoms with E-state index in [-0.39, 0.29) is 17.6 Å². The van der Waals surface area contributed by atoms with Crippen LogP contribution in [0.1, 0.15) is 30.7 Å². The van der Waals surface area contributed by atoms with Gasteiger partial charge in [-0.1, -0.05) is 24.8 Å². The van der Waals surface area contributed by atoms with Crippen LogP contribution in [0, 0.1) is 5.92 Å². The van der Waals surface area contributed by atoms with Crippen LogP contribution in [-0.4, -0.2) is 27.5 Å². The molecule has 2 amide bonds. The summed E-state index contributed by atoms with van der Waals surface area (Å²) in [4.78, 5) is 34.9. The zero-order valence-electron chi connectivity index (χ0n) is 16.8. The van der Waals surface area contributed by atoms with E-state index in [1.54, 1.807) is 35.6 Å². The summed E-state index contributed by atoms with van der Waals surface area (Å²) in [6.07, 6.45) is 3.26. The minimum absolute atomic E-state index is 0.163. The van der Waals surface area contributed by atoms with Gasteiger partial charge in [-0.15, -0.1) is 11.3 Å². The van der Waals surface area contributed by atoms with Crippen LogP contribution in [0.3, 0.4) is 0 Å². The van der Waals surface area contributed by atoms with Crippen molar-refractivity contribution in [2.45, 2.75) is 38.3 Å². The maximum Gasteiger partial charge on any atom is 0.234 e. The Kier molecular flexibility index (Phi) is 5.92. The van der Waals surface area contributed by atoms with Gasteiger partial charge in [0.05, 0.1) is 11.1 Å². The maximum absolute atomic E-state index is 12.4. The third kappa shape index (κ3) is 4.57. The van der Waals surface area contributed by atoms with Gasteiger partial charge in [-0.3, -0.25) is 9.59 Å². The van der Waals surface area contributed by atoms with E-state index in [0.29, 0.717) is 28.3 Å². The number of benzene rings is 1. The molecular weight excluding hydrogens is 418 g/mol. The highest BCUT2D eigenvalue weighted by molar-refractivity contribution is 7.99. The third-order valence-electron chi connectivity index (χ3n) is 4.96. The first-order valence-corrected chi connectivity index (χ1v) is 11.6. The number of carbonyl (C=O) groups excluding carboxylic acids is 2. The fourth-order valence-electron chi connectivity index (χ4n) is 3.62. The Morgan fingerprint density at radius 3 is 2.80 bits per heavy atom. The Hall–Kier alpha value is -2.65. The summed E-state index contributed by atoms with van der Waals surface area (Å²) in [5.41, 5.74) is 8.80. The van der Waals surface area contributed by atoms with Gasteiger partial charge < -0.3 is 16.4 Å². The summed E-state index contributed by atoms with van der Waals surface area (Å²) in [5.74, 6) is 1.00. The van der Waals surface area contributed by atoms with Crippen molar-refractivity contribution in [1.29, 1.82) is 0 Å². The molecule has 0 saturated carbocycles. The monoisotopic (exact) mass is 441 g/mol. The van der Waals surface area contributed by atoms with Crippen LogP contribution in [0.5, 0.6) is 0 Å². The number of aryl methyl sites for hydroxylation is 1. The van der Waals surface area contributed by atoms with E-state index in [1.807, 2.05) is 0 Å². The first kappa shape index (κ1) is 20.6. The molecule has 1 aliphatic carbocycles. The van der Waals surface area contributed by atoms with E-state index in [9.17, 15) is 9.59 Å². The molecule has 0 fully saturated rings. The smallest absolute Gasteiger partial charge is 0.234 e. The van der Waals surface area contributed by atoms with E-state index < -0.39 is 0 Å². The van der Waals surface area contributed by atoms with Gasteiger partial charge in [-0.05, 0) is 48.9 Å². The molecule has 1 unspecified atom stereocenters. The average molecular weight is 442 g/mol. The summed E-state index contributed by atoms with van der Waals surface area (Å²) < 4.78 is 0. The molecule has 1 aliphatic rings. The summed E-state index contributed by atoms with van der Waals surface area (Å²) in [6.45, 7) is 3.71. The number of nitrogens with one attached hydrogen (secondary N) is 2. The quantitative estimate of drug-likeness (QED) is 0.406. The van der Waals surface area contributed by atoms with Crippen molar-refractivity contribution in [2.24, 2.45) is 5.92 Å². The Bertz CT molecular complexity index is 1130. The molecule has 0 radical (unpaired) electrons. The first-order chi connectivity index (χ1) is 14.4. The molecule has 156 valence electrons. The molecule has 7 nitrogen and oxygen atoms in total. The second-order valence-electron chi connectivity index (χ2n) is 7.52. The van der Waals surface area contributed by atoms with Crippen molar-refractivity contribution in [3.05, 3.63) is 34.7 Å². The summed E-state index contributed by atoms with van der Waals surface area (Å²) in [7, 11) is 0. The Balaban J connectivity index is 1.43. The number of nitrogen functional groups attached to an aromatic ring is 1. The van der Waals surface area contributed by atoms with Crippen LogP contribution in [0.25, 0.3) is 10.2 Å². The summed E-state index contributed by atoms with van der Waals surface area (Å²) >= 11 is 2.96. The molecule has 1 atom stereocenters. The highest BCUT2D eigenvalue weighted by atomic mass is 32.2.